The zero-order valence-corrected chi connectivity index (χ0v) is 15.3. The average Bonchev–Trinajstić information content (AvgIpc) is 3.04. The molecule has 1 fully saturated rings. The van der Waals surface area contributed by atoms with Crippen LogP contribution in [0.2, 0.25) is 0 Å². The molecule has 2 N–H and O–H groups in total. The summed E-state index contributed by atoms with van der Waals surface area (Å²) in [6.45, 7) is 9.02. The van der Waals surface area contributed by atoms with E-state index >= 15 is 0 Å². The first kappa shape index (κ1) is 18.0. The fourth-order valence-electron chi connectivity index (χ4n) is 3.35. The van der Waals surface area contributed by atoms with Crippen LogP contribution in [0, 0.1) is 13.8 Å². The van der Waals surface area contributed by atoms with E-state index in [9.17, 15) is 5.11 Å². The van der Waals surface area contributed by atoms with Gasteiger partial charge in [-0.2, -0.15) is 15.0 Å². The van der Waals surface area contributed by atoms with E-state index < -0.39 is 0 Å². The van der Waals surface area contributed by atoms with Crippen LogP contribution >= 0.6 is 0 Å². The molecular weight excluding hydrogens is 314 g/mol. The number of aromatic nitrogens is 3. The summed E-state index contributed by atoms with van der Waals surface area (Å²) in [4.78, 5) is 4.14. The van der Waals surface area contributed by atoms with E-state index in [1.807, 2.05) is 6.20 Å². The van der Waals surface area contributed by atoms with Crippen LogP contribution in [-0.4, -0.2) is 57.3 Å². The fraction of sp³-hybridized carbons (Fsp3) is 0.579. The highest BCUT2D eigenvalue weighted by atomic mass is 16.3. The number of aliphatic hydroxyl groups is 1. The Morgan fingerprint density at radius 2 is 1.88 bits per heavy atom. The molecule has 1 aliphatic heterocycles. The minimum Gasteiger partial charge on any atom is -0.393 e. The van der Waals surface area contributed by atoms with E-state index in [1.54, 1.807) is 4.80 Å². The third-order valence-electron chi connectivity index (χ3n) is 4.67. The predicted molar refractivity (Wildman–Crippen MR) is 98.8 cm³/mol. The lowest BCUT2D eigenvalue weighted by Gasteiger charge is -2.29. The number of nitrogens with one attached hydrogen (secondary N) is 1. The summed E-state index contributed by atoms with van der Waals surface area (Å²) in [7, 11) is 0. The smallest absolute Gasteiger partial charge is 0.0969 e. The standard InChI is InChI=1S/C19H29N5O/c1-15-10-16(2)12-18(11-15)24-21-14-17(22-24)13-20-6-3-7-23-8-4-19(25)5-9-23/h10-12,14,19-20,25H,3-9,13H2,1-2H3. The highest BCUT2D eigenvalue weighted by molar-refractivity contribution is 5.37. The minimum atomic E-state index is -0.0887. The maximum absolute atomic E-state index is 9.52. The first-order valence-electron chi connectivity index (χ1n) is 9.21. The monoisotopic (exact) mass is 343 g/mol. The van der Waals surface area contributed by atoms with Crippen LogP contribution in [0.5, 0.6) is 0 Å². The van der Waals surface area contributed by atoms with Crippen molar-refractivity contribution in [2.24, 2.45) is 0 Å². The van der Waals surface area contributed by atoms with E-state index in [1.165, 1.54) is 11.1 Å². The molecule has 6 nitrogen and oxygen atoms in total. The van der Waals surface area contributed by atoms with Gasteiger partial charge in [-0.15, -0.1) is 0 Å². The number of nitrogens with zero attached hydrogens (tertiary/aromatic N) is 4. The van der Waals surface area contributed by atoms with Crippen molar-refractivity contribution in [3.8, 4) is 5.69 Å². The van der Waals surface area contributed by atoms with Gasteiger partial charge in [-0.1, -0.05) is 6.07 Å². The second-order valence-electron chi connectivity index (χ2n) is 7.07. The normalized spacial score (nSPS) is 16.4. The number of hydrogen-bond acceptors (Lipinski definition) is 5. The largest absolute Gasteiger partial charge is 0.393 e. The molecule has 1 saturated heterocycles. The van der Waals surface area contributed by atoms with Crippen molar-refractivity contribution in [2.75, 3.05) is 26.2 Å². The number of hydrogen-bond donors (Lipinski definition) is 2. The second kappa shape index (κ2) is 8.56. The molecule has 0 spiro atoms. The Bertz CT molecular complexity index is 656. The highest BCUT2D eigenvalue weighted by Crippen LogP contribution is 2.12. The lowest BCUT2D eigenvalue weighted by molar-refractivity contribution is 0.0821. The molecule has 2 heterocycles. The summed E-state index contributed by atoms with van der Waals surface area (Å²) in [6, 6.07) is 6.35. The predicted octanol–water partition coefficient (Wildman–Crippen LogP) is 1.82. The first-order valence-corrected chi connectivity index (χ1v) is 9.21. The maximum atomic E-state index is 9.52. The SMILES string of the molecule is Cc1cc(C)cc(-n2ncc(CNCCCN3CCC(O)CC3)n2)c1. The molecule has 25 heavy (non-hydrogen) atoms. The second-order valence-corrected chi connectivity index (χ2v) is 7.07. The number of aliphatic hydroxyl groups excluding tert-OH is 1. The van der Waals surface area contributed by atoms with Crippen molar-refractivity contribution < 1.29 is 5.11 Å². The van der Waals surface area contributed by atoms with Gasteiger partial charge in [0.15, 0.2) is 0 Å². The summed E-state index contributed by atoms with van der Waals surface area (Å²) in [5.74, 6) is 0. The number of benzene rings is 1. The molecule has 1 aliphatic rings. The molecule has 0 radical (unpaired) electrons. The van der Waals surface area contributed by atoms with E-state index in [0.29, 0.717) is 0 Å². The van der Waals surface area contributed by atoms with Crippen molar-refractivity contribution in [3.05, 3.63) is 41.2 Å². The zero-order valence-electron chi connectivity index (χ0n) is 15.3. The van der Waals surface area contributed by atoms with Gasteiger partial charge < -0.3 is 15.3 Å². The summed E-state index contributed by atoms with van der Waals surface area (Å²) < 4.78 is 0. The van der Waals surface area contributed by atoms with E-state index in [4.69, 9.17) is 0 Å². The Hall–Kier alpha value is -1.76. The van der Waals surface area contributed by atoms with E-state index in [0.717, 1.165) is 63.4 Å². The lowest BCUT2D eigenvalue weighted by atomic mass is 10.1. The molecule has 136 valence electrons. The quantitative estimate of drug-likeness (QED) is 0.751. The summed E-state index contributed by atoms with van der Waals surface area (Å²) in [6.07, 6.45) is 4.68. The van der Waals surface area contributed by atoms with Gasteiger partial charge in [0.25, 0.3) is 0 Å². The molecule has 3 rings (SSSR count). The van der Waals surface area contributed by atoms with Crippen LogP contribution in [0.4, 0.5) is 0 Å². The molecule has 1 aromatic carbocycles. The topological polar surface area (TPSA) is 66.2 Å². The lowest BCUT2D eigenvalue weighted by Crippen LogP contribution is -2.37. The van der Waals surface area contributed by atoms with Gasteiger partial charge >= 0.3 is 0 Å². The molecule has 0 amide bonds. The van der Waals surface area contributed by atoms with Crippen LogP contribution in [0.15, 0.2) is 24.4 Å². The number of rotatable bonds is 7. The fourth-order valence-corrected chi connectivity index (χ4v) is 3.35. The van der Waals surface area contributed by atoms with Gasteiger partial charge in [-0.25, -0.2) is 0 Å². The van der Waals surface area contributed by atoms with Crippen molar-refractivity contribution in [3.63, 3.8) is 0 Å². The highest BCUT2D eigenvalue weighted by Gasteiger charge is 2.15. The molecule has 2 aromatic rings. The maximum Gasteiger partial charge on any atom is 0.0969 e. The molecule has 0 aliphatic carbocycles. The Kier molecular flexibility index (Phi) is 6.18. The molecule has 0 unspecified atom stereocenters. The van der Waals surface area contributed by atoms with Crippen LogP contribution in [0.3, 0.4) is 0 Å². The van der Waals surface area contributed by atoms with Gasteiger partial charge in [-0.3, -0.25) is 0 Å². The van der Waals surface area contributed by atoms with Crippen molar-refractivity contribution >= 4 is 0 Å². The average molecular weight is 343 g/mol. The van der Waals surface area contributed by atoms with Gasteiger partial charge in [0.05, 0.1) is 23.7 Å². The van der Waals surface area contributed by atoms with Crippen LogP contribution in [0.25, 0.3) is 5.69 Å². The zero-order chi connectivity index (χ0) is 17.6. The van der Waals surface area contributed by atoms with Gasteiger partial charge in [0.2, 0.25) is 0 Å². The third kappa shape index (κ3) is 5.36. The minimum absolute atomic E-state index is 0.0887. The van der Waals surface area contributed by atoms with Gasteiger partial charge in [0.1, 0.15) is 0 Å². The molecule has 1 aromatic heterocycles. The Labute approximate surface area is 149 Å². The van der Waals surface area contributed by atoms with Gasteiger partial charge in [-0.05, 0) is 69.5 Å². The molecule has 0 saturated carbocycles. The molecular formula is C19H29N5O. The number of piperidine rings is 1. The Balaban J connectivity index is 1.40. The summed E-state index contributed by atoms with van der Waals surface area (Å²) in [5, 5.41) is 21.9. The third-order valence-corrected chi connectivity index (χ3v) is 4.67. The summed E-state index contributed by atoms with van der Waals surface area (Å²) >= 11 is 0. The van der Waals surface area contributed by atoms with Crippen molar-refractivity contribution in [1.29, 1.82) is 0 Å². The van der Waals surface area contributed by atoms with E-state index in [-0.39, 0.29) is 6.10 Å². The molecule has 0 atom stereocenters. The number of aryl methyl sites for hydroxylation is 2. The first-order chi connectivity index (χ1) is 12.1. The molecule has 6 heteroatoms. The Morgan fingerprint density at radius 1 is 1.16 bits per heavy atom. The van der Waals surface area contributed by atoms with Gasteiger partial charge in [0, 0.05) is 19.6 Å². The van der Waals surface area contributed by atoms with Crippen LogP contribution in [-0.2, 0) is 6.54 Å². The van der Waals surface area contributed by atoms with Crippen LogP contribution in [0.1, 0.15) is 36.1 Å². The number of likely N-dealkylation sites (tertiary alicyclic amines) is 1. The van der Waals surface area contributed by atoms with Crippen molar-refractivity contribution in [2.45, 2.75) is 45.8 Å². The Morgan fingerprint density at radius 3 is 2.60 bits per heavy atom. The summed E-state index contributed by atoms with van der Waals surface area (Å²) in [5.41, 5.74) is 4.41. The molecule has 0 bridgehead atoms. The van der Waals surface area contributed by atoms with Crippen molar-refractivity contribution in [1.82, 2.24) is 25.2 Å². The van der Waals surface area contributed by atoms with E-state index in [2.05, 4.69) is 52.5 Å². The van der Waals surface area contributed by atoms with Crippen LogP contribution < -0.4 is 5.32 Å².